The number of hydrogen-bond acceptors (Lipinski definition) is 6. The van der Waals surface area contributed by atoms with Gasteiger partial charge in [0.25, 0.3) is 5.69 Å². The Morgan fingerprint density at radius 2 is 2.04 bits per heavy atom. The summed E-state index contributed by atoms with van der Waals surface area (Å²) in [6.45, 7) is 0.259. The van der Waals surface area contributed by atoms with E-state index in [0.29, 0.717) is 22.2 Å². The number of benzene rings is 2. The number of ether oxygens (including phenoxy) is 2. The van der Waals surface area contributed by atoms with Crippen molar-refractivity contribution in [2.24, 2.45) is 0 Å². The van der Waals surface area contributed by atoms with Gasteiger partial charge in [0.15, 0.2) is 5.15 Å². The predicted octanol–water partition coefficient (Wildman–Crippen LogP) is 3.44. The number of rotatable bonds is 5. The maximum Gasteiger partial charge on any atom is 0.337 e. The molecule has 3 rings (SSSR count). The summed E-state index contributed by atoms with van der Waals surface area (Å²) in [6.07, 6.45) is 0. The second-order valence-corrected chi connectivity index (χ2v) is 5.78. The number of halogens is 1. The molecule has 0 aliphatic carbocycles. The third kappa shape index (κ3) is 3.18. The first-order chi connectivity index (χ1) is 12.4. The molecular weight excluding hydrogens is 362 g/mol. The van der Waals surface area contributed by atoms with Crippen LogP contribution in [-0.4, -0.2) is 34.9 Å². The summed E-state index contributed by atoms with van der Waals surface area (Å²) in [5.41, 5.74) is 1.56. The molecule has 3 aromatic rings. The van der Waals surface area contributed by atoms with Gasteiger partial charge in [0.1, 0.15) is 5.75 Å². The summed E-state index contributed by atoms with van der Waals surface area (Å²) in [7, 11) is 2.78. The Kier molecular flexibility index (Phi) is 4.77. The van der Waals surface area contributed by atoms with E-state index in [9.17, 15) is 14.9 Å². The number of non-ortho nitro benzene ring substituents is 1. The summed E-state index contributed by atoms with van der Waals surface area (Å²) >= 11 is 6.14. The SMILES string of the molecule is COC(=O)c1ccc(Cn2nc(Cl)c3ccc([N+](=O)[O-])cc32)c(OC)c1. The number of nitro benzene ring substituents is 1. The van der Waals surface area contributed by atoms with Crippen molar-refractivity contribution >= 4 is 34.2 Å². The maximum absolute atomic E-state index is 11.7. The van der Waals surface area contributed by atoms with Crippen LogP contribution in [0.4, 0.5) is 5.69 Å². The molecule has 0 unspecified atom stereocenters. The molecule has 1 heterocycles. The molecule has 0 N–H and O–H groups in total. The minimum atomic E-state index is -0.476. The second-order valence-electron chi connectivity index (χ2n) is 5.43. The molecule has 0 aliphatic heterocycles. The Hall–Kier alpha value is -3.13. The summed E-state index contributed by atoms with van der Waals surface area (Å²) in [5, 5.41) is 16.1. The molecule has 8 nitrogen and oxygen atoms in total. The molecule has 26 heavy (non-hydrogen) atoms. The Morgan fingerprint density at radius 3 is 2.69 bits per heavy atom. The Bertz CT molecular complexity index is 1020. The highest BCUT2D eigenvalue weighted by atomic mass is 35.5. The minimum absolute atomic E-state index is 0.0525. The van der Waals surface area contributed by atoms with Crippen molar-refractivity contribution in [3.05, 3.63) is 62.8 Å². The van der Waals surface area contributed by atoms with Crippen molar-refractivity contribution in [1.29, 1.82) is 0 Å². The zero-order valence-electron chi connectivity index (χ0n) is 13.9. The molecule has 0 saturated heterocycles. The van der Waals surface area contributed by atoms with E-state index < -0.39 is 10.9 Å². The van der Waals surface area contributed by atoms with Crippen molar-refractivity contribution in [2.75, 3.05) is 14.2 Å². The van der Waals surface area contributed by atoms with Gasteiger partial charge in [0.05, 0.1) is 36.8 Å². The fraction of sp³-hybridized carbons (Fsp3) is 0.176. The van der Waals surface area contributed by atoms with E-state index in [2.05, 4.69) is 5.10 Å². The van der Waals surface area contributed by atoms with E-state index in [1.165, 1.54) is 26.4 Å². The van der Waals surface area contributed by atoms with Crippen molar-refractivity contribution in [3.63, 3.8) is 0 Å². The summed E-state index contributed by atoms with van der Waals surface area (Å²) in [5.74, 6) is -0.00355. The van der Waals surface area contributed by atoms with Crippen LogP contribution in [0.1, 0.15) is 15.9 Å². The number of carbonyl (C=O) groups is 1. The van der Waals surface area contributed by atoms with Crippen LogP contribution < -0.4 is 4.74 Å². The van der Waals surface area contributed by atoms with Crippen molar-refractivity contribution in [1.82, 2.24) is 9.78 Å². The van der Waals surface area contributed by atoms with Gasteiger partial charge in [-0.1, -0.05) is 17.7 Å². The molecule has 0 spiro atoms. The van der Waals surface area contributed by atoms with E-state index in [1.807, 2.05) is 0 Å². The number of methoxy groups -OCH3 is 2. The van der Waals surface area contributed by atoms with Crippen LogP contribution in [0, 0.1) is 10.1 Å². The summed E-state index contributed by atoms with van der Waals surface area (Å²) < 4.78 is 11.6. The number of hydrogen-bond donors (Lipinski definition) is 0. The van der Waals surface area contributed by atoms with E-state index in [1.54, 1.807) is 28.9 Å². The number of fused-ring (bicyclic) bond motifs is 1. The van der Waals surface area contributed by atoms with Crippen LogP contribution in [0.5, 0.6) is 5.75 Å². The monoisotopic (exact) mass is 375 g/mol. The standard InChI is InChI=1S/C17H14ClN3O5/c1-25-15-7-10(17(22)26-2)3-4-11(15)9-20-14-8-12(21(23)24)5-6-13(14)16(18)19-20/h3-8H,9H2,1-2H3. The van der Waals surface area contributed by atoms with Crippen LogP contribution in [0.2, 0.25) is 5.15 Å². The largest absolute Gasteiger partial charge is 0.496 e. The molecule has 1 aromatic heterocycles. The lowest BCUT2D eigenvalue weighted by molar-refractivity contribution is -0.384. The molecule has 0 bridgehead atoms. The van der Waals surface area contributed by atoms with Crippen LogP contribution in [0.15, 0.2) is 36.4 Å². The van der Waals surface area contributed by atoms with E-state index >= 15 is 0 Å². The lowest BCUT2D eigenvalue weighted by Gasteiger charge is -2.11. The minimum Gasteiger partial charge on any atom is -0.496 e. The number of nitro groups is 1. The molecule has 9 heteroatoms. The topological polar surface area (TPSA) is 96.5 Å². The van der Waals surface area contributed by atoms with Gasteiger partial charge in [-0.05, 0) is 18.2 Å². The first kappa shape index (κ1) is 17.7. The highest BCUT2D eigenvalue weighted by Crippen LogP contribution is 2.29. The molecule has 0 amide bonds. The van der Waals surface area contributed by atoms with Gasteiger partial charge in [-0.15, -0.1) is 0 Å². The Labute approximate surface area is 153 Å². The predicted molar refractivity (Wildman–Crippen MR) is 94.8 cm³/mol. The third-order valence-electron chi connectivity index (χ3n) is 3.93. The van der Waals surface area contributed by atoms with Crippen molar-refractivity contribution < 1.29 is 19.2 Å². The average Bonchev–Trinajstić information content (AvgIpc) is 2.96. The number of nitrogens with zero attached hydrogens (tertiary/aromatic N) is 3. The summed E-state index contributed by atoms with van der Waals surface area (Å²) in [6, 6.07) is 9.26. The molecular formula is C17H14ClN3O5. The fourth-order valence-electron chi connectivity index (χ4n) is 2.64. The molecule has 0 atom stereocenters. The van der Waals surface area contributed by atoms with Gasteiger partial charge in [0.2, 0.25) is 0 Å². The number of aromatic nitrogens is 2. The Morgan fingerprint density at radius 1 is 1.27 bits per heavy atom. The number of esters is 1. The zero-order valence-corrected chi connectivity index (χ0v) is 14.7. The average molecular weight is 376 g/mol. The molecule has 2 aromatic carbocycles. The highest BCUT2D eigenvalue weighted by Gasteiger charge is 2.16. The van der Waals surface area contributed by atoms with Crippen molar-refractivity contribution in [3.8, 4) is 5.75 Å². The first-order valence-corrected chi connectivity index (χ1v) is 7.88. The van der Waals surface area contributed by atoms with E-state index in [-0.39, 0.29) is 17.4 Å². The number of carbonyl (C=O) groups excluding carboxylic acids is 1. The quantitative estimate of drug-likeness (QED) is 0.385. The highest BCUT2D eigenvalue weighted by molar-refractivity contribution is 6.34. The normalized spacial score (nSPS) is 10.7. The van der Waals surface area contributed by atoms with Gasteiger partial charge in [0, 0.05) is 23.1 Å². The first-order valence-electron chi connectivity index (χ1n) is 7.50. The van der Waals surface area contributed by atoms with Gasteiger partial charge in [-0.2, -0.15) is 5.10 Å². The van der Waals surface area contributed by atoms with Gasteiger partial charge >= 0.3 is 5.97 Å². The zero-order chi connectivity index (χ0) is 18.8. The summed E-state index contributed by atoms with van der Waals surface area (Å²) in [4.78, 5) is 22.2. The third-order valence-corrected chi connectivity index (χ3v) is 4.21. The van der Waals surface area contributed by atoms with Crippen molar-refractivity contribution in [2.45, 2.75) is 6.54 Å². The second kappa shape index (κ2) is 7.01. The van der Waals surface area contributed by atoms with Crippen LogP contribution in [-0.2, 0) is 11.3 Å². The molecule has 0 radical (unpaired) electrons. The maximum atomic E-state index is 11.7. The van der Waals surface area contributed by atoms with Crippen LogP contribution >= 0.6 is 11.6 Å². The molecule has 0 fully saturated rings. The lowest BCUT2D eigenvalue weighted by atomic mass is 10.1. The van der Waals surface area contributed by atoms with E-state index in [0.717, 1.165) is 5.56 Å². The smallest absolute Gasteiger partial charge is 0.337 e. The lowest BCUT2D eigenvalue weighted by Crippen LogP contribution is -2.06. The Balaban J connectivity index is 2.04. The van der Waals surface area contributed by atoms with Gasteiger partial charge < -0.3 is 9.47 Å². The van der Waals surface area contributed by atoms with Crippen LogP contribution in [0.25, 0.3) is 10.9 Å². The molecule has 0 aliphatic rings. The van der Waals surface area contributed by atoms with Crippen LogP contribution in [0.3, 0.4) is 0 Å². The van der Waals surface area contributed by atoms with E-state index in [4.69, 9.17) is 21.1 Å². The molecule has 134 valence electrons. The van der Waals surface area contributed by atoms with Gasteiger partial charge in [-0.25, -0.2) is 4.79 Å². The fourth-order valence-corrected chi connectivity index (χ4v) is 2.89. The molecule has 0 saturated carbocycles. The van der Waals surface area contributed by atoms with Gasteiger partial charge in [-0.3, -0.25) is 14.8 Å².